The number of carbonyl (C=O) groups is 1. The Morgan fingerprint density at radius 3 is 2.64 bits per heavy atom. The number of hydrogen-bond donors (Lipinski definition) is 1. The first kappa shape index (κ1) is 17.6. The van der Waals surface area contributed by atoms with Crippen molar-refractivity contribution >= 4 is 23.2 Å². The molecule has 0 fully saturated rings. The van der Waals surface area contributed by atoms with Crippen molar-refractivity contribution in [1.82, 2.24) is 4.90 Å². The van der Waals surface area contributed by atoms with Crippen LogP contribution in [0.15, 0.2) is 54.1 Å². The van der Waals surface area contributed by atoms with Crippen LogP contribution in [-0.2, 0) is 11.3 Å². The van der Waals surface area contributed by atoms with Crippen LogP contribution in [0.4, 0.5) is 10.1 Å². The number of anilines is 1. The van der Waals surface area contributed by atoms with Gasteiger partial charge in [-0.15, -0.1) is 0 Å². The highest BCUT2D eigenvalue weighted by Gasteiger charge is 2.17. The second kappa shape index (κ2) is 7.81. The molecule has 130 valence electrons. The van der Waals surface area contributed by atoms with E-state index in [0.717, 1.165) is 23.7 Å². The second-order valence-corrected chi connectivity index (χ2v) is 6.70. The maximum Gasteiger partial charge on any atom is 0.251 e. The summed E-state index contributed by atoms with van der Waals surface area (Å²) >= 11 is 5.90. The smallest absolute Gasteiger partial charge is 0.251 e. The Labute approximate surface area is 152 Å². The molecule has 2 aromatic rings. The van der Waals surface area contributed by atoms with Crippen LogP contribution in [0.1, 0.15) is 17.5 Å². The van der Waals surface area contributed by atoms with Gasteiger partial charge in [-0.3, -0.25) is 9.69 Å². The van der Waals surface area contributed by atoms with Crippen LogP contribution in [-0.4, -0.2) is 23.9 Å². The van der Waals surface area contributed by atoms with Gasteiger partial charge in [-0.2, -0.15) is 0 Å². The maximum absolute atomic E-state index is 13.6. The van der Waals surface area contributed by atoms with Gasteiger partial charge in [-0.05, 0) is 48.7 Å². The molecule has 1 aliphatic heterocycles. The van der Waals surface area contributed by atoms with E-state index in [1.807, 2.05) is 30.3 Å². The lowest BCUT2D eigenvalue weighted by molar-refractivity contribution is -0.113. The first-order valence-corrected chi connectivity index (χ1v) is 8.62. The number of nitrogens with one attached hydrogen (secondary N) is 1. The van der Waals surface area contributed by atoms with Gasteiger partial charge in [0.2, 0.25) is 0 Å². The van der Waals surface area contributed by atoms with Gasteiger partial charge in [0, 0.05) is 35.9 Å². The Hall–Kier alpha value is -2.17. The van der Waals surface area contributed by atoms with E-state index >= 15 is 0 Å². The molecule has 0 bridgehead atoms. The summed E-state index contributed by atoms with van der Waals surface area (Å²) in [6.07, 6.45) is 2.62. The van der Waals surface area contributed by atoms with Gasteiger partial charge in [0.1, 0.15) is 5.82 Å². The number of benzene rings is 2. The molecular formula is C20H20ClFN2O. The van der Waals surface area contributed by atoms with Crippen LogP contribution >= 0.6 is 11.6 Å². The lowest BCUT2D eigenvalue weighted by Crippen LogP contribution is -2.31. The van der Waals surface area contributed by atoms with Gasteiger partial charge < -0.3 is 5.32 Å². The number of nitrogens with zero attached hydrogens (tertiary/aromatic N) is 1. The standard InChI is InChI=1S/C20H20ClFN2O/c1-14-2-7-18(12-19(14)22)23-20(25)16-8-10-24(11-9-16)13-15-3-5-17(21)6-4-15/h2-8,12H,9-11,13H2,1H3,(H,23,25). The number of rotatable bonds is 4. The summed E-state index contributed by atoms with van der Waals surface area (Å²) in [5.74, 6) is -0.473. The average molecular weight is 359 g/mol. The first-order chi connectivity index (χ1) is 12.0. The molecule has 0 aromatic heterocycles. The van der Waals surface area contributed by atoms with Crippen molar-refractivity contribution < 1.29 is 9.18 Å². The topological polar surface area (TPSA) is 32.3 Å². The van der Waals surface area contributed by atoms with Gasteiger partial charge in [0.05, 0.1) is 0 Å². The van der Waals surface area contributed by atoms with Crippen molar-refractivity contribution in [2.24, 2.45) is 0 Å². The number of halogens is 2. The van der Waals surface area contributed by atoms with Crippen molar-refractivity contribution in [1.29, 1.82) is 0 Å². The minimum Gasteiger partial charge on any atom is -0.322 e. The molecule has 0 saturated heterocycles. The highest BCUT2D eigenvalue weighted by molar-refractivity contribution is 6.30. The van der Waals surface area contributed by atoms with Crippen molar-refractivity contribution in [2.75, 3.05) is 18.4 Å². The predicted octanol–water partition coefficient (Wildman–Crippen LogP) is 4.56. The Morgan fingerprint density at radius 2 is 2.00 bits per heavy atom. The summed E-state index contributed by atoms with van der Waals surface area (Å²) in [6.45, 7) is 4.05. The Morgan fingerprint density at radius 1 is 1.24 bits per heavy atom. The SMILES string of the molecule is Cc1ccc(NC(=O)C2=CCN(Cc3ccc(Cl)cc3)CC2)cc1F. The maximum atomic E-state index is 13.6. The molecule has 0 saturated carbocycles. The molecule has 5 heteroatoms. The monoisotopic (exact) mass is 358 g/mol. The molecule has 1 aliphatic rings. The molecule has 0 aliphatic carbocycles. The quantitative estimate of drug-likeness (QED) is 0.869. The number of amides is 1. The summed E-state index contributed by atoms with van der Waals surface area (Å²) < 4.78 is 13.6. The zero-order valence-electron chi connectivity index (χ0n) is 14.1. The fourth-order valence-corrected chi connectivity index (χ4v) is 2.92. The fraction of sp³-hybridized carbons (Fsp3) is 0.250. The number of carbonyl (C=O) groups excluding carboxylic acids is 1. The third-order valence-electron chi connectivity index (χ3n) is 4.33. The summed E-state index contributed by atoms with van der Waals surface area (Å²) in [6, 6.07) is 12.5. The van der Waals surface area contributed by atoms with Gasteiger partial charge in [0.15, 0.2) is 0 Å². The summed E-state index contributed by atoms with van der Waals surface area (Å²) in [5.41, 5.74) is 2.99. The molecule has 1 amide bonds. The third kappa shape index (κ3) is 4.68. The van der Waals surface area contributed by atoms with E-state index in [2.05, 4.69) is 10.2 Å². The Kier molecular flexibility index (Phi) is 5.51. The van der Waals surface area contributed by atoms with E-state index < -0.39 is 0 Å². The zero-order chi connectivity index (χ0) is 17.8. The van der Waals surface area contributed by atoms with E-state index in [9.17, 15) is 9.18 Å². The normalized spacial score (nSPS) is 14.9. The van der Waals surface area contributed by atoms with Crippen LogP contribution in [0, 0.1) is 12.7 Å². The van der Waals surface area contributed by atoms with Crippen LogP contribution in [0.3, 0.4) is 0 Å². The molecular weight excluding hydrogens is 339 g/mol. The molecule has 3 rings (SSSR count). The molecule has 3 nitrogen and oxygen atoms in total. The summed E-state index contributed by atoms with van der Waals surface area (Å²) in [5, 5.41) is 3.50. The summed E-state index contributed by atoms with van der Waals surface area (Å²) in [7, 11) is 0. The van der Waals surface area contributed by atoms with Crippen LogP contribution < -0.4 is 5.32 Å². The van der Waals surface area contributed by atoms with Crippen molar-refractivity contribution in [3.8, 4) is 0 Å². The molecule has 25 heavy (non-hydrogen) atoms. The Balaban J connectivity index is 1.57. The molecule has 0 atom stereocenters. The van der Waals surface area contributed by atoms with Gasteiger partial charge in [0.25, 0.3) is 5.91 Å². The van der Waals surface area contributed by atoms with E-state index in [-0.39, 0.29) is 11.7 Å². The predicted molar refractivity (Wildman–Crippen MR) is 99.2 cm³/mol. The lowest BCUT2D eigenvalue weighted by atomic mass is 10.1. The Bertz CT molecular complexity index is 802. The highest BCUT2D eigenvalue weighted by atomic mass is 35.5. The highest BCUT2D eigenvalue weighted by Crippen LogP contribution is 2.19. The fourth-order valence-electron chi connectivity index (χ4n) is 2.79. The minimum atomic E-state index is -0.315. The van der Waals surface area contributed by atoms with Gasteiger partial charge >= 0.3 is 0 Å². The second-order valence-electron chi connectivity index (χ2n) is 6.26. The molecule has 0 radical (unpaired) electrons. The van der Waals surface area contributed by atoms with Gasteiger partial charge in [-0.1, -0.05) is 35.9 Å². The molecule has 1 N–H and O–H groups in total. The third-order valence-corrected chi connectivity index (χ3v) is 4.59. The van der Waals surface area contributed by atoms with Gasteiger partial charge in [-0.25, -0.2) is 4.39 Å². The van der Waals surface area contributed by atoms with E-state index in [1.54, 1.807) is 19.1 Å². The molecule has 2 aromatic carbocycles. The zero-order valence-corrected chi connectivity index (χ0v) is 14.8. The van der Waals surface area contributed by atoms with Crippen LogP contribution in [0.25, 0.3) is 0 Å². The van der Waals surface area contributed by atoms with Crippen LogP contribution in [0.5, 0.6) is 0 Å². The summed E-state index contributed by atoms with van der Waals surface area (Å²) in [4.78, 5) is 14.6. The number of hydrogen-bond acceptors (Lipinski definition) is 2. The lowest BCUT2D eigenvalue weighted by Gasteiger charge is -2.26. The number of aryl methyl sites for hydroxylation is 1. The van der Waals surface area contributed by atoms with Crippen molar-refractivity contribution in [3.05, 3.63) is 76.1 Å². The first-order valence-electron chi connectivity index (χ1n) is 8.24. The van der Waals surface area contributed by atoms with E-state index in [1.165, 1.54) is 11.6 Å². The molecule has 1 heterocycles. The molecule has 0 spiro atoms. The largest absolute Gasteiger partial charge is 0.322 e. The minimum absolute atomic E-state index is 0.158. The average Bonchev–Trinajstić information content (AvgIpc) is 2.61. The van der Waals surface area contributed by atoms with E-state index in [0.29, 0.717) is 24.2 Å². The molecule has 0 unspecified atom stereocenters. The van der Waals surface area contributed by atoms with Crippen LogP contribution in [0.2, 0.25) is 5.02 Å². The van der Waals surface area contributed by atoms with Crippen molar-refractivity contribution in [2.45, 2.75) is 19.9 Å². The van der Waals surface area contributed by atoms with Crippen molar-refractivity contribution in [3.63, 3.8) is 0 Å². The van der Waals surface area contributed by atoms with E-state index in [4.69, 9.17) is 11.6 Å².